The molecule has 0 radical (unpaired) electrons. The lowest BCUT2D eigenvalue weighted by Crippen LogP contribution is -2.40. The van der Waals surface area contributed by atoms with Crippen molar-refractivity contribution >= 4 is 29.2 Å². The Morgan fingerprint density at radius 3 is 1.93 bits per heavy atom. The van der Waals surface area contributed by atoms with Gasteiger partial charge in [0.25, 0.3) is 5.91 Å². The largest absolute Gasteiger partial charge is 0.465 e. The van der Waals surface area contributed by atoms with E-state index in [1.54, 1.807) is 48.5 Å². The molecule has 0 saturated heterocycles. The third kappa shape index (κ3) is 6.42. The van der Waals surface area contributed by atoms with Crippen LogP contribution >= 0.6 is 0 Å². The molecule has 148 valence electrons. The SMILES string of the molecule is COC(=O)c1ccc(NCC(=O)Nc2ccc(C(=O)NC(C)(C)C)cc2)cc1. The van der Waals surface area contributed by atoms with Crippen LogP contribution in [0.25, 0.3) is 0 Å². The molecule has 0 fully saturated rings. The van der Waals surface area contributed by atoms with Crippen LogP contribution in [0.3, 0.4) is 0 Å². The van der Waals surface area contributed by atoms with E-state index in [1.165, 1.54) is 7.11 Å². The molecule has 0 spiro atoms. The predicted molar refractivity (Wildman–Crippen MR) is 109 cm³/mol. The number of carbonyl (C=O) groups is 3. The van der Waals surface area contributed by atoms with Gasteiger partial charge in [0.1, 0.15) is 0 Å². The van der Waals surface area contributed by atoms with E-state index in [4.69, 9.17) is 0 Å². The van der Waals surface area contributed by atoms with E-state index in [1.807, 2.05) is 20.8 Å². The van der Waals surface area contributed by atoms with Gasteiger partial charge in [0.05, 0.1) is 19.2 Å². The highest BCUT2D eigenvalue weighted by Crippen LogP contribution is 2.12. The third-order valence-electron chi connectivity index (χ3n) is 3.68. The quantitative estimate of drug-likeness (QED) is 0.666. The average Bonchev–Trinajstić information content (AvgIpc) is 2.65. The fourth-order valence-corrected chi connectivity index (χ4v) is 2.35. The number of rotatable bonds is 6. The van der Waals surface area contributed by atoms with Crippen molar-refractivity contribution < 1.29 is 19.1 Å². The lowest BCUT2D eigenvalue weighted by molar-refractivity contribution is -0.114. The second-order valence-electron chi connectivity index (χ2n) is 7.25. The van der Waals surface area contributed by atoms with Gasteiger partial charge in [0.2, 0.25) is 5.91 Å². The molecule has 0 aromatic heterocycles. The number of amides is 2. The van der Waals surface area contributed by atoms with Gasteiger partial charge in [-0.25, -0.2) is 4.79 Å². The molecule has 3 N–H and O–H groups in total. The summed E-state index contributed by atoms with van der Waals surface area (Å²) in [6.07, 6.45) is 0. The van der Waals surface area contributed by atoms with Crippen molar-refractivity contribution in [3.8, 4) is 0 Å². The molecule has 2 aromatic carbocycles. The van der Waals surface area contributed by atoms with Gasteiger partial charge in [-0.15, -0.1) is 0 Å². The van der Waals surface area contributed by atoms with E-state index in [9.17, 15) is 14.4 Å². The minimum absolute atomic E-state index is 0.0594. The number of benzene rings is 2. The molecular formula is C21H25N3O4. The van der Waals surface area contributed by atoms with Crippen LogP contribution in [0.5, 0.6) is 0 Å². The first-order chi connectivity index (χ1) is 13.2. The molecule has 0 saturated carbocycles. The normalized spacial score (nSPS) is 10.7. The number of nitrogens with one attached hydrogen (secondary N) is 3. The zero-order valence-corrected chi connectivity index (χ0v) is 16.5. The van der Waals surface area contributed by atoms with Crippen LogP contribution in [-0.4, -0.2) is 37.0 Å². The van der Waals surface area contributed by atoms with Gasteiger partial charge in [-0.3, -0.25) is 9.59 Å². The van der Waals surface area contributed by atoms with Gasteiger partial charge in [-0.05, 0) is 69.3 Å². The summed E-state index contributed by atoms with van der Waals surface area (Å²) in [7, 11) is 1.32. The zero-order chi connectivity index (χ0) is 20.7. The van der Waals surface area contributed by atoms with Crippen LogP contribution in [0.2, 0.25) is 0 Å². The lowest BCUT2D eigenvalue weighted by atomic mass is 10.1. The van der Waals surface area contributed by atoms with Crippen molar-refractivity contribution in [3.05, 3.63) is 59.7 Å². The Morgan fingerprint density at radius 2 is 1.39 bits per heavy atom. The molecule has 0 unspecified atom stereocenters. The van der Waals surface area contributed by atoms with Gasteiger partial charge in [-0.1, -0.05) is 0 Å². The van der Waals surface area contributed by atoms with Crippen LogP contribution in [0.4, 0.5) is 11.4 Å². The van der Waals surface area contributed by atoms with Gasteiger partial charge in [0, 0.05) is 22.5 Å². The molecule has 0 heterocycles. The molecule has 0 bridgehead atoms. The molecule has 2 rings (SSSR count). The molecule has 7 heteroatoms. The Kier molecular flexibility index (Phi) is 6.76. The van der Waals surface area contributed by atoms with Crippen molar-refractivity contribution in [2.24, 2.45) is 0 Å². The number of esters is 1. The molecule has 2 amide bonds. The first-order valence-electron chi connectivity index (χ1n) is 8.82. The van der Waals surface area contributed by atoms with E-state index in [0.29, 0.717) is 22.5 Å². The summed E-state index contributed by atoms with van der Waals surface area (Å²) >= 11 is 0. The van der Waals surface area contributed by atoms with Gasteiger partial charge < -0.3 is 20.7 Å². The number of methoxy groups -OCH3 is 1. The standard InChI is InChI=1S/C21H25N3O4/c1-21(2,3)24-19(26)14-5-11-17(12-6-14)23-18(25)13-22-16-9-7-15(8-10-16)20(27)28-4/h5-12,22H,13H2,1-4H3,(H,23,25)(H,24,26). The summed E-state index contributed by atoms with van der Waals surface area (Å²) in [5.41, 5.74) is 1.95. The van der Waals surface area contributed by atoms with Crippen molar-refractivity contribution in [1.29, 1.82) is 0 Å². The van der Waals surface area contributed by atoms with Crippen LogP contribution in [0, 0.1) is 0 Å². The van der Waals surface area contributed by atoms with Crippen LogP contribution in [-0.2, 0) is 9.53 Å². The number of hydrogen-bond acceptors (Lipinski definition) is 5. The van der Waals surface area contributed by atoms with Crippen molar-refractivity contribution in [1.82, 2.24) is 5.32 Å². The summed E-state index contributed by atoms with van der Waals surface area (Å²) < 4.78 is 4.64. The first-order valence-corrected chi connectivity index (χ1v) is 8.82. The fraction of sp³-hybridized carbons (Fsp3) is 0.286. The van der Waals surface area contributed by atoms with E-state index >= 15 is 0 Å². The Morgan fingerprint density at radius 1 is 0.857 bits per heavy atom. The maximum Gasteiger partial charge on any atom is 0.337 e. The number of hydrogen-bond donors (Lipinski definition) is 3. The van der Waals surface area contributed by atoms with E-state index in [-0.39, 0.29) is 23.9 Å². The van der Waals surface area contributed by atoms with E-state index in [2.05, 4.69) is 20.7 Å². The third-order valence-corrected chi connectivity index (χ3v) is 3.68. The van der Waals surface area contributed by atoms with Crippen molar-refractivity contribution in [3.63, 3.8) is 0 Å². The first kappa shape index (κ1) is 21.0. The smallest absolute Gasteiger partial charge is 0.337 e. The summed E-state index contributed by atoms with van der Waals surface area (Å²) in [5.74, 6) is -0.810. The Hall–Kier alpha value is -3.35. The van der Waals surface area contributed by atoms with E-state index < -0.39 is 5.97 Å². The molecule has 0 atom stereocenters. The van der Waals surface area contributed by atoms with Gasteiger partial charge in [0.15, 0.2) is 0 Å². The molecule has 28 heavy (non-hydrogen) atoms. The summed E-state index contributed by atoms with van der Waals surface area (Å²) in [4.78, 5) is 35.6. The Labute approximate surface area is 164 Å². The highest BCUT2D eigenvalue weighted by atomic mass is 16.5. The molecule has 0 aliphatic carbocycles. The second-order valence-corrected chi connectivity index (χ2v) is 7.25. The topological polar surface area (TPSA) is 96.5 Å². The van der Waals surface area contributed by atoms with E-state index in [0.717, 1.165) is 0 Å². The fourth-order valence-electron chi connectivity index (χ4n) is 2.35. The lowest BCUT2D eigenvalue weighted by Gasteiger charge is -2.20. The van der Waals surface area contributed by atoms with Gasteiger partial charge >= 0.3 is 5.97 Å². The molecule has 0 aliphatic rings. The maximum atomic E-state index is 12.1. The minimum atomic E-state index is -0.413. The number of ether oxygens (including phenoxy) is 1. The second kappa shape index (κ2) is 9.03. The number of anilines is 2. The number of carbonyl (C=O) groups excluding carboxylic acids is 3. The van der Waals surface area contributed by atoms with Gasteiger partial charge in [-0.2, -0.15) is 0 Å². The van der Waals surface area contributed by atoms with Crippen LogP contribution in [0.1, 0.15) is 41.5 Å². The van der Waals surface area contributed by atoms with Crippen LogP contribution in [0.15, 0.2) is 48.5 Å². The molecule has 7 nitrogen and oxygen atoms in total. The highest BCUT2D eigenvalue weighted by molar-refractivity contribution is 5.97. The van der Waals surface area contributed by atoms with Crippen molar-refractivity contribution in [2.45, 2.75) is 26.3 Å². The predicted octanol–water partition coefficient (Wildman–Crippen LogP) is 3.05. The molecule has 0 aliphatic heterocycles. The summed E-state index contributed by atoms with van der Waals surface area (Å²) in [6.45, 7) is 5.80. The monoisotopic (exact) mass is 383 g/mol. The summed E-state index contributed by atoms with van der Waals surface area (Å²) in [6, 6.07) is 13.3. The summed E-state index contributed by atoms with van der Waals surface area (Å²) in [5, 5.41) is 8.62. The van der Waals surface area contributed by atoms with Crippen molar-refractivity contribution in [2.75, 3.05) is 24.3 Å². The minimum Gasteiger partial charge on any atom is -0.465 e. The molecule has 2 aromatic rings. The molecular weight excluding hydrogens is 358 g/mol. The maximum absolute atomic E-state index is 12.1. The van der Waals surface area contributed by atoms with Crippen LogP contribution < -0.4 is 16.0 Å². The Bertz CT molecular complexity index is 837. The Balaban J connectivity index is 1.86. The highest BCUT2D eigenvalue weighted by Gasteiger charge is 2.15. The zero-order valence-electron chi connectivity index (χ0n) is 16.5. The average molecular weight is 383 g/mol.